The quantitative estimate of drug-likeness (QED) is 0.437. The van der Waals surface area contributed by atoms with Crippen LogP contribution in [0.25, 0.3) is 0 Å². The van der Waals surface area contributed by atoms with Crippen molar-refractivity contribution in [3.05, 3.63) is 0 Å². The van der Waals surface area contributed by atoms with Gasteiger partial charge in [0.25, 0.3) is 0 Å². The second kappa shape index (κ2) is 7.62. The number of carbonyl (C=O) groups excluding carboxylic acids is 1. The highest BCUT2D eigenvalue weighted by atomic mass is 16.5. The Bertz CT molecular complexity index is 184. The van der Waals surface area contributed by atoms with Crippen molar-refractivity contribution in [2.24, 2.45) is 5.92 Å². The number of rotatable bonds is 9. The Morgan fingerprint density at radius 3 is 2.87 bits per heavy atom. The van der Waals surface area contributed by atoms with Crippen molar-refractivity contribution in [2.75, 3.05) is 39.5 Å². The Kier molecular flexibility index (Phi) is 6.31. The molecule has 5 heteroatoms. The van der Waals surface area contributed by atoms with Crippen LogP contribution in [0.15, 0.2) is 0 Å². The molecule has 0 heterocycles. The van der Waals surface area contributed by atoms with Gasteiger partial charge in [-0.2, -0.15) is 0 Å². The second-order valence-corrected chi connectivity index (χ2v) is 3.76. The summed E-state index contributed by atoms with van der Waals surface area (Å²) in [6, 6.07) is 0. The number of aliphatic hydroxyl groups is 1. The molecule has 0 unspecified atom stereocenters. The largest absolute Gasteiger partial charge is 0.394 e. The maximum Gasteiger partial charge on any atom is 0.234 e. The summed E-state index contributed by atoms with van der Waals surface area (Å²) in [5.74, 6) is 0.800. The monoisotopic (exact) mass is 216 g/mol. The molecule has 0 aliphatic heterocycles. The van der Waals surface area contributed by atoms with Gasteiger partial charge >= 0.3 is 0 Å². The maximum absolute atomic E-state index is 11.2. The molecule has 15 heavy (non-hydrogen) atoms. The van der Waals surface area contributed by atoms with Crippen LogP contribution in [0.5, 0.6) is 0 Å². The highest BCUT2D eigenvalue weighted by molar-refractivity contribution is 5.77. The number of aliphatic hydroxyl groups excluding tert-OH is 1. The Labute approximate surface area is 90.2 Å². The van der Waals surface area contributed by atoms with Crippen molar-refractivity contribution in [2.45, 2.75) is 12.8 Å². The van der Waals surface area contributed by atoms with Gasteiger partial charge in [0.15, 0.2) is 0 Å². The molecule has 1 aliphatic carbocycles. The van der Waals surface area contributed by atoms with Gasteiger partial charge in [0.1, 0.15) is 0 Å². The predicted octanol–water partition coefficient (Wildman–Crippen LogP) is -0.889. The molecule has 1 amide bonds. The van der Waals surface area contributed by atoms with E-state index in [-0.39, 0.29) is 12.5 Å². The first-order valence-electron chi connectivity index (χ1n) is 5.49. The normalized spacial score (nSPS) is 15.3. The Balaban J connectivity index is 1.80. The molecular weight excluding hydrogens is 196 g/mol. The molecule has 1 rings (SSSR count). The summed E-state index contributed by atoms with van der Waals surface area (Å²) in [5, 5.41) is 14.3. The lowest BCUT2D eigenvalue weighted by Crippen LogP contribution is -2.36. The van der Waals surface area contributed by atoms with Gasteiger partial charge in [-0.25, -0.2) is 0 Å². The van der Waals surface area contributed by atoms with Crippen LogP contribution >= 0.6 is 0 Å². The van der Waals surface area contributed by atoms with E-state index in [0.717, 1.165) is 12.5 Å². The zero-order valence-electron chi connectivity index (χ0n) is 9.00. The van der Waals surface area contributed by atoms with Crippen LogP contribution in [-0.2, 0) is 9.53 Å². The van der Waals surface area contributed by atoms with Crippen molar-refractivity contribution >= 4 is 5.91 Å². The third kappa shape index (κ3) is 7.30. The van der Waals surface area contributed by atoms with Gasteiger partial charge in [0.2, 0.25) is 5.91 Å². The van der Waals surface area contributed by atoms with Gasteiger partial charge in [-0.1, -0.05) is 0 Å². The second-order valence-electron chi connectivity index (χ2n) is 3.76. The highest BCUT2D eigenvalue weighted by Crippen LogP contribution is 2.27. The Morgan fingerprint density at radius 1 is 1.40 bits per heavy atom. The van der Waals surface area contributed by atoms with E-state index in [2.05, 4.69) is 10.6 Å². The smallest absolute Gasteiger partial charge is 0.234 e. The number of hydrogen-bond donors (Lipinski definition) is 3. The van der Waals surface area contributed by atoms with Crippen LogP contribution in [0.3, 0.4) is 0 Å². The summed E-state index contributed by atoms with van der Waals surface area (Å²) in [5.41, 5.74) is 0. The van der Waals surface area contributed by atoms with Gasteiger partial charge in [0.05, 0.1) is 26.4 Å². The average molecular weight is 216 g/mol. The summed E-state index contributed by atoms with van der Waals surface area (Å²) >= 11 is 0. The van der Waals surface area contributed by atoms with E-state index in [0.29, 0.717) is 26.3 Å². The van der Waals surface area contributed by atoms with Crippen molar-refractivity contribution < 1.29 is 14.6 Å². The summed E-state index contributed by atoms with van der Waals surface area (Å²) in [7, 11) is 0. The molecule has 0 saturated heterocycles. The molecule has 5 nitrogen and oxygen atoms in total. The minimum Gasteiger partial charge on any atom is -0.394 e. The van der Waals surface area contributed by atoms with Crippen LogP contribution in [0.4, 0.5) is 0 Å². The van der Waals surface area contributed by atoms with Gasteiger partial charge < -0.3 is 20.5 Å². The lowest BCUT2D eigenvalue weighted by molar-refractivity contribution is -0.120. The molecule has 1 fully saturated rings. The number of nitrogens with one attached hydrogen (secondary N) is 2. The van der Waals surface area contributed by atoms with Crippen molar-refractivity contribution in [1.29, 1.82) is 0 Å². The van der Waals surface area contributed by atoms with Crippen LogP contribution < -0.4 is 10.6 Å². The average Bonchev–Trinajstić information content (AvgIpc) is 3.01. The standard InChI is InChI=1S/C10H20N2O3/c13-4-6-15-5-3-12-10(14)8-11-7-9-1-2-9/h9,11,13H,1-8H2,(H,12,14). The summed E-state index contributed by atoms with van der Waals surface area (Å²) in [4.78, 5) is 11.2. The number of carbonyl (C=O) groups is 1. The summed E-state index contributed by atoms with van der Waals surface area (Å²) < 4.78 is 5.00. The van der Waals surface area contributed by atoms with E-state index in [1.54, 1.807) is 0 Å². The van der Waals surface area contributed by atoms with Crippen LogP contribution in [0.1, 0.15) is 12.8 Å². The predicted molar refractivity (Wildman–Crippen MR) is 56.5 cm³/mol. The van der Waals surface area contributed by atoms with E-state index >= 15 is 0 Å². The number of hydrogen-bond acceptors (Lipinski definition) is 4. The van der Waals surface area contributed by atoms with E-state index in [9.17, 15) is 4.79 Å². The van der Waals surface area contributed by atoms with Gasteiger partial charge in [0, 0.05) is 6.54 Å². The maximum atomic E-state index is 11.2. The molecule has 1 saturated carbocycles. The van der Waals surface area contributed by atoms with Crippen LogP contribution in [0, 0.1) is 5.92 Å². The molecular formula is C10H20N2O3. The first-order valence-corrected chi connectivity index (χ1v) is 5.49. The summed E-state index contributed by atoms with van der Waals surface area (Å²) in [6.45, 7) is 2.65. The molecule has 0 aromatic heterocycles. The van der Waals surface area contributed by atoms with Gasteiger partial charge in [-0.3, -0.25) is 4.79 Å². The molecule has 1 aliphatic rings. The minimum atomic E-state index is 0.00301. The molecule has 3 N–H and O–H groups in total. The van der Waals surface area contributed by atoms with Crippen molar-refractivity contribution in [3.8, 4) is 0 Å². The number of ether oxygens (including phenoxy) is 1. The number of amides is 1. The van der Waals surface area contributed by atoms with Crippen LogP contribution in [-0.4, -0.2) is 50.5 Å². The van der Waals surface area contributed by atoms with Crippen LogP contribution in [0.2, 0.25) is 0 Å². The van der Waals surface area contributed by atoms with Gasteiger partial charge in [-0.15, -0.1) is 0 Å². The lowest BCUT2D eigenvalue weighted by atomic mass is 10.4. The fourth-order valence-electron chi connectivity index (χ4n) is 1.20. The van der Waals surface area contributed by atoms with E-state index in [1.165, 1.54) is 12.8 Å². The molecule has 0 aromatic carbocycles. The molecule has 0 bridgehead atoms. The minimum absolute atomic E-state index is 0.00301. The third-order valence-electron chi connectivity index (χ3n) is 2.22. The lowest BCUT2D eigenvalue weighted by Gasteiger charge is -2.06. The fourth-order valence-corrected chi connectivity index (χ4v) is 1.20. The van der Waals surface area contributed by atoms with Gasteiger partial charge in [-0.05, 0) is 25.3 Å². The topological polar surface area (TPSA) is 70.6 Å². The third-order valence-corrected chi connectivity index (χ3v) is 2.22. The first-order chi connectivity index (χ1) is 7.33. The highest BCUT2D eigenvalue weighted by Gasteiger charge is 2.20. The van der Waals surface area contributed by atoms with E-state index in [1.807, 2.05) is 0 Å². The molecule has 88 valence electrons. The fraction of sp³-hybridized carbons (Fsp3) is 0.900. The van der Waals surface area contributed by atoms with Crippen molar-refractivity contribution in [3.63, 3.8) is 0 Å². The first kappa shape index (κ1) is 12.4. The molecule has 0 aromatic rings. The SMILES string of the molecule is O=C(CNCC1CC1)NCCOCCO. The molecule has 0 spiro atoms. The zero-order valence-corrected chi connectivity index (χ0v) is 9.00. The Morgan fingerprint density at radius 2 is 2.20 bits per heavy atom. The van der Waals surface area contributed by atoms with E-state index < -0.39 is 0 Å². The Hall–Kier alpha value is -0.650. The zero-order chi connectivity index (χ0) is 10.9. The summed E-state index contributed by atoms with van der Waals surface area (Å²) in [6.07, 6.45) is 2.59. The van der Waals surface area contributed by atoms with Crippen molar-refractivity contribution in [1.82, 2.24) is 10.6 Å². The molecule has 0 radical (unpaired) electrons. The molecule has 0 atom stereocenters. The van der Waals surface area contributed by atoms with E-state index in [4.69, 9.17) is 9.84 Å².